The Bertz CT molecular complexity index is 1180. The fraction of sp³-hybridized carbons (Fsp3) is 0.111. The van der Waals surface area contributed by atoms with Gasteiger partial charge in [0.1, 0.15) is 5.25 Å². The van der Waals surface area contributed by atoms with Crippen molar-refractivity contribution in [2.24, 2.45) is 0 Å². The van der Waals surface area contributed by atoms with E-state index < -0.39 is 34.1 Å². The maximum atomic E-state index is 13.0. The normalized spacial score (nSPS) is 12.4. The lowest BCUT2D eigenvalue weighted by atomic mass is 10.1. The summed E-state index contributed by atoms with van der Waals surface area (Å²) in [5.41, 5.74) is -2.39. The number of anilines is 1. The van der Waals surface area contributed by atoms with Gasteiger partial charge < -0.3 is 5.32 Å². The number of benzene rings is 2. The number of halogens is 4. The van der Waals surface area contributed by atoms with E-state index in [0.29, 0.717) is 5.56 Å². The topological polar surface area (TPSA) is 108 Å². The second-order valence-electron chi connectivity index (χ2n) is 5.90. The molecule has 156 valence electrons. The monoisotopic (exact) mass is 456 g/mol. The number of amides is 1. The second kappa shape index (κ2) is 8.76. The van der Waals surface area contributed by atoms with Crippen molar-refractivity contribution in [3.8, 4) is 0 Å². The summed E-state index contributed by atoms with van der Waals surface area (Å²) in [6.45, 7) is 0. The lowest BCUT2D eigenvalue weighted by Crippen LogP contribution is -2.27. The van der Waals surface area contributed by atoms with Crippen molar-refractivity contribution < 1.29 is 18.0 Å². The minimum Gasteiger partial charge on any atom is -0.323 e. The third-order valence-corrected chi connectivity index (χ3v) is 5.35. The highest BCUT2D eigenvalue weighted by Crippen LogP contribution is 2.36. The van der Waals surface area contributed by atoms with Gasteiger partial charge in [-0.15, -0.1) is 0 Å². The van der Waals surface area contributed by atoms with E-state index in [1.165, 1.54) is 0 Å². The number of thioether (sulfide) groups is 1. The van der Waals surface area contributed by atoms with Crippen molar-refractivity contribution in [1.82, 2.24) is 15.2 Å². The van der Waals surface area contributed by atoms with Gasteiger partial charge in [-0.3, -0.25) is 14.6 Å². The number of hydrogen-bond acceptors (Lipinski definition) is 5. The van der Waals surface area contributed by atoms with Crippen molar-refractivity contribution in [2.75, 3.05) is 5.32 Å². The molecule has 0 saturated heterocycles. The summed E-state index contributed by atoms with van der Waals surface area (Å²) in [6.07, 6.45) is -4.62. The molecule has 3 aromatic rings. The molecule has 0 spiro atoms. The molecule has 7 nitrogen and oxygen atoms in total. The molecular formula is C18H12ClF3N4O3S. The van der Waals surface area contributed by atoms with Crippen LogP contribution in [-0.2, 0) is 11.0 Å². The zero-order chi connectivity index (χ0) is 21.9. The molecule has 0 aliphatic heterocycles. The number of hydrogen-bond donors (Lipinski definition) is 3. The van der Waals surface area contributed by atoms with Crippen LogP contribution < -0.4 is 16.6 Å². The molecule has 0 aliphatic rings. The third kappa shape index (κ3) is 5.10. The van der Waals surface area contributed by atoms with Gasteiger partial charge in [0, 0.05) is 0 Å². The number of carbonyl (C=O) groups excluding carboxylic acids is 1. The zero-order valence-electron chi connectivity index (χ0n) is 14.8. The molecule has 0 unspecified atom stereocenters. The third-order valence-electron chi connectivity index (χ3n) is 3.80. The zero-order valence-corrected chi connectivity index (χ0v) is 16.4. The van der Waals surface area contributed by atoms with E-state index in [4.69, 9.17) is 11.6 Å². The number of H-pyrrole nitrogens is 2. The number of nitrogens with one attached hydrogen (secondary N) is 3. The lowest BCUT2D eigenvalue weighted by molar-refractivity contribution is -0.137. The molecule has 3 rings (SSSR count). The molecule has 1 aromatic heterocycles. The summed E-state index contributed by atoms with van der Waals surface area (Å²) in [5.74, 6) is -0.736. The van der Waals surface area contributed by atoms with Crippen LogP contribution in [0.4, 0.5) is 18.9 Å². The largest absolute Gasteiger partial charge is 0.416 e. The Kier molecular flexibility index (Phi) is 6.32. The van der Waals surface area contributed by atoms with Gasteiger partial charge in [-0.1, -0.05) is 53.7 Å². The average Bonchev–Trinajstić information content (AvgIpc) is 2.69. The van der Waals surface area contributed by atoms with Crippen LogP contribution in [-0.4, -0.2) is 21.1 Å². The Labute approximate surface area is 175 Å². The molecule has 12 heteroatoms. The van der Waals surface area contributed by atoms with E-state index in [9.17, 15) is 27.6 Å². The van der Waals surface area contributed by atoms with E-state index in [0.717, 1.165) is 30.0 Å². The standard InChI is InChI=1S/C18H12ClF3N4O3S/c19-11-7-6-10(18(20,21)22)8-12(11)23-14(27)13(9-4-2-1-3-5-9)30-16-15(28)24-17(29)26-25-16/h1-8,13H,(H,23,27)(H2,24,26,28,29)/t13-/m0/s1. The lowest BCUT2D eigenvalue weighted by Gasteiger charge is -2.17. The van der Waals surface area contributed by atoms with E-state index in [1.807, 2.05) is 4.98 Å². The van der Waals surface area contributed by atoms with Crippen LogP contribution in [0.2, 0.25) is 5.02 Å². The van der Waals surface area contributed by atoms with Gasteiger partial charge in [-0.05, 0) is 23.8 Å². The first-order valence-corrected chi connectivity index (χ1v) is 9.49. The molecule has 1 heterocycles. The summed E-state index contributed by atoms with van der Waals surface area (Å²) in [7, 11) is 0. The van der Waals surface area contributed by atoms with Crippen LogP contribution in [0.1, 0.15) is 16.4 Å². The van der Waals surface area contributed by atoms with Crippen LogP contribution in [0, 0.1) is 0 Å². The number of nitrogens with zero attached hydrogens (tertiary/aromatic N) is 1. The summed E-state index contributed by atoms with van der Waals surface area (Å²) < 4.78 is 39.0. The van der Waals surface area contributed by atoms with Gasteiger partial charge in [0.25, 0.3) is 5.56 Å². The van der Waals surface area contributed by atoms with Gasteiger partial charge in [0.05, 0.1) is 16.3 Å². The Morgan fingerprint density at radius 2 is 1.83 bits per heavy atom. The minimum absolute atomic E-state index is 0.0897. The number of rotatable bonds is 5. The van der Waals surface area contributed by atoms with Crippen LogP contribution >= 0.6 is 23.4 Å². The molecule has 0 bridgehead atoms. The summed E-state index contributed by atoms with van der Waals surface area (Å²) in [5, 5.41) is 6.69. The van der Waals surface area contributed by atoms with Crippen molar-refractivity contribution in [3.05, 3.63) is 85.5 Å². The molecular weight excluding hydrogens is 445 g/mol. The van der Waals surface area contributed by atoms with Gasteiger partial charge in [-0.25, -0.2) is 9.89 Å². The number of aromatic nitrogens is 3. The Balaban J connectivity index is 1.95. The van der Waals surface area contributed by atoms with Crippen molar-refractivity contribution in [1.29, 1.82) is 0 Å². The Morgan fingerprint density at radius 3 is 2.47 bits per heavy atom. The van der Waals surface area contributed by atoms with Gasteiger partial charge in [-0.2, -0.15) is 18.3 Å². The smallest absolute Gasteiger partial charge is 0.323 e. The predicted molar refractivity (Wildman–Crippen MR) is 106 cm³/mol. The summed E-state index contributed by atoms with van der Waals surface area (Å²) in [4.78, 5) is 38.0. The van der Waals surface area contributed by atoms with Crippen LogP contribution in [0.3, 0.4) is 0 Å². The first-order valence-electron chi connectivity index (χ1n) is 8.23. The van der Waals surface area contributed by atoms with Crippen molar-refractivity contribution in [3.63, 3.8) is 0 Å². The number of carbonyl (C=O) groups is 1. The number of aromatic amines is 2. The second-order valence-corrected chi connectivity index (χ2v) is 7.40. The summed E-state index contributed by atoms with van der Waals surface area (Å²) >= 11 is 6.67. The Morgan fingerprint density at radius 1 is 1.13 bits per heavy atom. The molecule has 0 aliphatic carbocycles. The van der Waals surface area contributed by atoms with E-state index in [-0.39, 0.29) is 15.7 Å². The maximum Gasteiger partial charge on any atom is 0.416 e. The van der Waals surface area contributed by atoms with E-state index >= 15 is 0 Å². The molecule has 1 atom stereocenters. The minimum atomic E-state index is -4.62. The van der Waals surface area contributed by atoms with E-state index in [2.05, 4.69) is 15.5 Å². The van der Waals surface area contributed by atoms with Crippen LogP contribution in [0.15, 0.2) is 63.1 Å². The highest BCUT2D eigenvalue weighted by molar-refractivity contribution is 8.00. The molecule has 2 aromatic carbocycles. The van der Waals surface area contributed by atoms with E-state index in [1.54, 1.807) is 30.3 Å². The predicted octanol–water partition coefficient (Wildman–Crippen LogP) is 3.60. The van der Waals surface area contributed by atoms with Crippen LogP contribution in [0.5, 0.6) is 0 Å². The first-order chi connectivity index (χ1) is 14.1. The fourth-order valence-electron chi connectivity index (χ4n) is 2.42. The quantitative estimate of drug-likeness (QED) is 0.508. The molecule has 0 saturated carbocycles. The molecule has 3 N–H and O–H groups in total. The highest BCUT2D eigenvalue weighted by Gasteiger charge is 2.32. The number of alkyl halides is 3. The SMILES string of the molecule is O=C(Nc1cc(C(F)(F)F)ccc1Cl)[C@@H](Sc1n[nH]c(=O)[nH]c1=O)c1ccccc1. The van der Waals surface area contributed by atoms with Crippen molar-refractivity contribution >= 4 is 35.0 Å². The van der Waals surface area contributed by atoms with Crippen molar-refractivity contribution in [2.45, 2.75) is 16.5 Å². The maximum absolute atomic E-state index is 13.0. The molecule has 30 heavy (non-hydrogen) atoms. The van der Waals surface area contributed by atoms with Crippen LogP contribution in [0.25, 0.3) is 0 Å². The first kappa shape index (κ1) is 21.7. The van der Waals surface area contributed by atoms with Gasteiger partial charge in [0.2, 0.25) is 5.91 Å². The highest BCUT2D eigenvalue weighted by atomic mass is 35.5. The molecule has 0 radical (unpaired) electrons. The summed E-state index contributed by atoms with van der Waals surface area (Å²) in [6, 6.07) is 10.8. The average molecular weight is 457 g/mol. The molecule has 1 amide bonds. The fourth-order valence-corrected chi connectivity index (χ4v) is 3.53. The van der Waals surface area contributed by atoms with Gasteiger partial charge >= 0.3 is 11.9 Å². The molecule has 0 fully saturated rings. The Hall–Kier alpha value is -3.05. The van der Waals surface area contributed by atoms with Gasteiger partial charge in [0.15, 0.2) is 5.03 Å².